The first-order valence-corrected chi connectivity index (χ1v) is 8.73. The first-order valence-electron chi connectivity index (χ1n) is 8.73. The zero-order valence-corrected chi connectivity index (χ0v) is 15.3. The predicted molar refractivity (Wildman–Crippen MR) is 91.8 cm³/mol. The minimum absolute atomic E-state index is 0.213. The lowest BCUT2D eigenvalue weighted by molar-refractivity contribution is 0.0935. The average Bonchev–Trinajstić information content (AvgIpc) is 2.81. The quantitative estimate of drug-likeness (QED) is 0.704. The fourth-order valence-electron chi connectivity index (χ4n) is 3.41. The van der Waals surface area contributed by atoms with Gasteiger partial charge in [0.05, 0.1) is 6.61 Å². The van der Waals surface area contributed by atoms with Gasteiger partial charge in [-0.05, 0) is 44.9 Å². The number of nitrogens with zero attached hydrogens (tertiary/aromatic N) is 1. The number of nitrogens with one attached hydrogen (secondary N) is 1. The van der Waals surface area contributed by atoms with Crippen LogP contribution in [0.1, 0.15) is 60.3 Å². The minimum Gasteiger partial charge on any atom is -0.383 e. The Labute approximate surface area is 132 Å². The highest BCUT2D eigenvalue weighted by molar-refractivity contribution is 4.91. The maximum Gasteiger partial charge on any atom is 0.0589 e. The molecule has 126 valence electrons. The molecule has 0 unspecified atom stereocenters. The Bertz CT molecular complexity index is 277. The van der Waals surface area contributed by atoms with Crippen molar-refractivity contribution >= 4 is 0 Å². The summed E-state index contributed by atoms with van der Waals surface area (Å²) >= 11 is 0. The van der Waals surface area contributed by atoms with Gasteiger partial charge in [-0.2, -0.15) is 0 Å². The molecule has 0 aliphatic heterocycles. The molecule has 1 saturated carbocycles. The summed E-state index contributed by atoms with van der Waals surface area (Å²) in [5.74, 6) is 0.718. The molecule has 0 aromatic heterocycles. The molecule has 0 atom stereocenters. The van der Waals surface area contributed by atoms with Gasteiger partial charge in [-0.15, -0.1) is 0 Å². The molecule has 1 fully saturated rings. The fraction of sp³-hybridized carbons (Fsp3) is 1.00. The Morgan fingerprint density at radius 1 is 1.19 bits per heavy atom. The Balaban J connectivity index is 2.64. The van der Waals surface area contributed by atoms with Crippen LogP contribution in [-0.4, -0.2) is 50.3 Å². The van der Waals surface area contributed by atoms with E-state index in [2.05, 4.69) is 44.8 Å². The van der Waals surface area contributed by atoms with Crippen molar-refractivity contribution in [1.82, 2.24) is 10.2 Å². The maximum absolute atomic E-state index is 5.31. The van der Waals surface area contributed by atoms with E-state index in [9.17, 15) is 0 Å². The lowest BCUT2D eigenvalue weighted by Crippen LogP contribution is -2.48. The van der Waals surface area contributed by atoms with Crippen LogP contribution in [0, 0.1) is 11.3 Å². The molecule has 0 radical (unpaired) electrons. The van der Waals surface area contributed by atoms with Crippen LogP contribution in [0.5, 0.6) is 0 Å². The summed E-state index contributed by atoms with van der Waals surface area (Å²) in [5, 5.41) is 3.76. The average molecular weight is 299 g/mol. The number of methoxy groups -OCH3 is 1. The summed E-state index contributed by atoms with van der Waals surface area (Å²) < 4.78 is 5.31. The van der Waals surface area contributed by atoms with Gasteiger partial charge in [-0.1, -0.05) is 26.7 Å². The van der Waals surface area contributed by atoms with E-state index in [1.54, 1.807) is 7.11 Å². The molecule has 1 rings (SSSR count). The summed E-state index contributed by atoms with van der Waals surface area (Å²) in [7, 11) is 1.81. The van der Waals surface area contributed by atoms with Crippen molar-refractivity contribution in [3.63, 3.8) is 0 Å². The normalized spacial score (nSPS) is 18.9. The van der Waals surface area contributed by atoms with E-state index in [1.807, 2.05) is 0 Å². The predicted octanol–water partition coefficient (Wildman–Crippen LogP) is 3.54. The van der Waals surface area contributed by atoms with E-state index < -0.39 is 0 Å². The van der Waals surface area contributed by atoms with E-state index >= 15 is 0 Å². The van der Waals surface area contributed by atoms with Gasteiger partial charge in [0.15, 0.2) is 0 Å². The van der Waals surface area contributed by atoms with Crippen LogP contribution in [0.15, 0.2) is 0 Å². The van der Waals surface area contributed by atoms with Gasteiger partial charge in [0.2, 0.25) is 0 Å². The van der Waals surface area contributed by atoms with Crippen molar-refractivity contribution in [2.75, 3.05) is 39.9 Å². The minimum atomic E-state index is 0.213. The van der Waals surface area contributed by atoms with Crippen LogP contribution in [0.3, 0.4) is 0 Å². The van der Waals surface area contributed by atoms with Crippen LogP contribution in [0.4, 0.5) is 0 Å². The third kappa shape index (κ3) is 7.62. The third-order valence-electron chi connectivity index (χ3n) is 4.45. The van der Waals surface area contributed by atoms with Crippen LogP contribution in [-0.2, 0) is 4.74 Å². The van der Waals surface area contributed by atoms with Gasteiger partial charge in [0.1, 0.15) is 0 Å². The standard InChI is InChI=1S/C18H38N2O/c1-16(2)13-20(11-12-21-6)15-18(9-7-8-10-18)14-19-17(3,4)5/h16,19H,7-15H2,1-6H3. The molecule has 0 heterocycles. The zero-order chi connectivity index (χ0) is 15.9. The topological polar surface area (TPSA) is 24.5 Å². The second-order valence-electron chi connectivity index (χ2n) is 8.43. The van der Waals surface area contributed by atoms with Crippen molar-refractivity contribution < 1.29 is 4.74 Å². The molecule has 3 heteroatoms. The van der Waals surface area contributed by atoms with Crippen molar-refractivity contribution in [1.29, 1.82) is 0 Å². The molecule has 3 nitrogen and oxygen atoms in total. The Morgan fingerprint density at radius 2 is 1.81 bits per heavy atom. The van der Waals surface area contributed by atoms with Gasteiger partial charge in [0, 0.05) is 38.8 Å². The maximum atomic E-state index is 5.31. The largest absolute Gasteiger partial charge is 0.383 e. The summed E-state index contributed by atoms with van der Waals surface area (Å²) in [6.07, 6.45) is 5.53. The lowest BCUT2D eigenvalue weighted by Gasteiger charge is -2.38. The van der Waals surface area contributed by atoms with Gasteiger partial charge >= 0.3 is 0 Å². The Hall–Kier alpha value is -0.120. The lowest BCUT2D eigenvalue weighted by atomic mass is 9.84. The van der Waals surface area contributed by atoms with Crippen LogP contribution >= 0.6 is 0 Å². The van der Waals surface area contributed by atoms with Crippen LogP contribution in [0.25, 0.3) is 0 Å². The highest BCUT2D eigenvalue weighted by Crippen LogP contribution is 2.38. The summed E-state index contributed by atoms with van der Waals surface area (Å²) in [5.41, 5.74) is 0.681. The first kappa shape index (κ1) is 18.9. The van der Waals surface area contributed by atoms with Crippen molar-refractivity contribution in [3.8, 4) is 0 Å². The van der Waals surface area contributed by atoms with Crippen LogP contribution in [0.2, 0.25) is 0 Å². The summed E-state index contributed by atoms with van der Waals surface area (Å²) in [4.78, 5) is 2.63. The Kier molecular flexibility index (Phi) is 7.66. The SMILES string of the molecule is COCCN(CC(C)C)CC1(CNC(C)(C)C)CCCC1. The van der Waals surface area contributed by atoms with Gasteiger partial charge < -0.3 is 15.0 Å². The number of rotatable bonds is 9. The highest BCUT2D eigenvalue weighted by Gasteiger charge is 2.36. The van der Waals surface area contributed by atoms with E-state index in [0.717, 1.165) is 25.6 Å². The van der Waals surface area contributed by atoms with E-state index in [0.29, 0.717) is 5.41 Å². The molecule has 0 saturated heterocycles. The highest BCUT2D eigenvalue weighted by atomic mass is 16.5. The van der Waals surface area contributed by atoms with Crippen molar-refractivity contribution in [3.05, 3.63) is 0 Å². The van der Waals surface area contributed by atoms with Gasteiger partial charge in [-0.25, -0.2) is 0 Å². The monoisotopic (exact) mass is 298 g/mol. The van der Waals surface area contributed by atoms with Gasteiger partial charge in [-0.3, -0.25) is 0 Å². The molecule has 0 aromatic rings. The molecule has 1 aliphatic rings. The summed E-state index contributed by atoms with van der Waals surface area (Å²) in [6.45, 7) is 16.9. The first-order chi connectivity index (χ1) is 9.76. The Morgan fingerprint density at radius 3 is 2.29 bits per heavy atom. The van der Waals surface area contributed by atoms with E-state index in [4.69, 9.17) is 4.74 Å². The number of hydrogen-bond acceptors (Lipinski definition) is 3. The smallest absolute Gasteiger partial charge is 0.0589 e. The molecule has 0 spiro atoms. The molecule has 0 aromatic carbocycles. The van der Waals surface area contributed by atoms with E-state index in [-0.39, 0.29) is 5.54 Å². The van der Waals surface area contributed by atoms with Crippen molar-refractivity contribution in [2.24, 2.45) is 11.3 Å². The molecule has 1 N–H and O–H groups in total. The van der Waals surface area contributed by atoms with Gasteiger partial charge in [0.25, 0.3) is 0 Å². The zero-order valence-electron chi connectivity index (χ0n) is 15.3. The second-order valence-corrected chi connectivity index (χ2v) is 8.43. The molecule has 1 aliphatic carbocycles. The molecule has 0 bridgehead atoms. The van der Waals surface area contributed by atoms with E-state index in [1.165, 1.54) is 38.8 Å². The fourth-order valence-corrected chi connectivity index (χ4v) is 3.41. The van der Waals surface area contributed by atoms with Crippen molar-refractivity contribution in [2.45, 2.75) is 65.8 Å². The molecular weight excluding hydrogens is 260 g/mol. The summed E-state index contributed by atoms with van der Waals surface area (Å²) in [6, 6.07) is 0. The molecule has 0 amide bonds. The van der Waals surface area contributed by atoms with Crippen LogP contribution < -0.4 is 5.32 Å². The number of ether oxygens (including phenoxy) is 1. The third-order valence-corrected chi connectivity index (χ3v) is 4.45. The second kappa shape index (κ2) is 8.50. The number of hydrogen-bond donors (Lipinski definition) is 1. The molecule has 21 heavy (non-hydrogen) atoms. The molecular formula is C18H38N2O.